The first-order valence-corrected chi connectivity index (χ1v) is 11.3. The largest absolute Gasteiger partial charge is 0.462 e. The fraction of sp³-hybridized carbons (Fsp3) is 0.958. The fourth-order valence-electron chi connectivity index (χ4n) is 6.10. The zero-order valence-corrected chi connectivity index (χ0v) is 19.1. The Morgan fingerprint density at radius 1 is 0.852 bits per heavy atom. The summed E-state index contributed by atoms with van der Waals surface area (Å²) in [5.74, 6) is 3.75. The van der Waals surface area contributed by atoms with Gasteiger partial charge in [0, 0.05) is 14.0 Å². The van der Waals surface area contributed by atoms with Crippen LogP contribution in [0.2, 0.25) is 0 Å². The summed E-state index contributed by atoms with van der Waals surface area (Å²) < 4.78 is 11.5. The van der Waals surface area contributed by atoms with Gasteiger partial charge in [0.05, 0.1) is 6.10 Å². The molecule has 0 aromatic rings. The van der Waals surface area contributed by atoms with Crippen molar-refractivity contribution in [3.8, 4) is 0 Å². The number of hydrogen-bond donors (Lipinski definition) is 0. The van der Waals surface area contributed by atoms with E-state index in [2.05, 4.69) is 41.5 Å². The Morgan fingerprint density at radius 2 is 1.30 bits per heavy atom. The third-order valence-electron chi connectivity index (χ3n) is 8.10. The Balaban J connectivity index is 2.10. The topological polar surface area (TPSA) is 35.5 Å². The lowest BCUT2D eigenvalue weighted by atomic mass is 9.56. The lowest BCUT2D eigenvalue weighted by Crippen LogP contribution is -2.45. The lowest BCUT2D eigenvalue weighted by Gasteiger charge is -2.51. The van der Waals surface area contributed by atoms with Crippen LogP contribution in [-0.4, -0.2) is 25.3 Å². The van der Waals surface area contributed by atoms with E-state index >= 15 is 0 Å². The zero-order chi connectivity index (χ0) is 20.4. The summed E-state index contributed by atoms with van der Waals surface area (Å²) in [6.45, 7) is 15.8. The maximum absolute atomic E-state index is 11.5. The van der Waals surface area contributed by atoms with Crippen molar-refractivity contribution in [3.05, 3.63) is 0 Å². The molecular formula is C24H44O3. The van der Waals surface area contributed by atoms with E-state index in [-0.39, 0.29) is 12.1 Å². The quantitative estimate of drug-likeness (QED) is 0.522. The second-order valence-electron chi connectivity index (χ2n) is 10.6. The van der Waals surface area contributed by atoms with Gasteiger partial charge >= 0.3 is 5.97 Å². The minimum atomic E-state index is -0.124. The van der Waals surface area contributed by atoms with Gasteiger partial charge < -0.3 is 9.47 Å². The van der Waals surface area contributed by atoms with Crippen molar-refractivity contribution in [1.82, 2.24) is 0 Å². The molecule has 0 spiro atoms. The normalized spacial score (nSPS) is 35.5. The summed E-state index contributed by atoms with van der Waals surface area (Å²) in [4.78, 5) is 11.5. The van der Waals surface area contributed by atoms with Crippen LogP contribution in [0.5, 0.6) is 0 Å². The molecule has 0 aromatic heterocycles. The Kier molecular flexibility index (Phi) is 7.81. The molecule has 27 heavy (non-hydrogen) atoms. The second-order valence-corrected chi connectivity index (χ2v) is 10.6. The second kappa shape index (κ2) is 9.29. The molecule has 0 saturated heterocycles. The van der Waals surface area contributed by atoms with E-state index in [4.69, 9.17) is 9.47 Å². The van der Waals surface area contributed by atoms with Gasteiger partial charge in [-0.15, -0.1) is 0 Å². The van der Waals surface area contributed by atoms with Crippen molar-refractivity contribution in [1.29, 1.82) is 0 Å². The highest BCUT2D eigenvalue weighted by Crippen LogP contribution is 2.52. The molecule has 6 unspecified atom stereocenters. The summed E-state index contributed by atoms with van der Waals surface area (Å²) in [5.41, 5.74) is 0.334. The van der Waals surface area contributed by atoms with Crippen LogP contribution < -0.4 is 0 Å². The van der Waals surface area contributed by atoms with Crippen molar-refractivity contribution < 1.29 is 14.3 Å². The molecule has 3 nitrogen and oxygen atoms in total. The van der Waals surface area contributed by atoms with Crippen LogP contribution in [-0.2, 0) is 14.3 Å². The summed E-state index contributed by atoms with van der Waals surface area (Å²) in [7, 11) is 1.88. The van der Waals surface area contributed by atoms with Crippen LogP contribution in [0.1, 0.15) is 87.0 Å². The van der Waals surface area contributed by atoms with Gasteiger partial charge in [-0.25, -0.2) is 0 Å². The van der Waals surface area contributed by atoms with E-state index in [1.165, 1.54) is 32.1 Å². The molecule has 158 valence electrons. The van der Waals surface area contributed by atoms with Crippen LogP contribution in [0.3, 0.4) is 0 Å². The molecule has 0 radical (unpaired) electrons. The van der Waals surface area contributed by atoms with Crippen molar-refractivity contribution in [3.63, 3.8) is 0 Å². The van der Waals surface area contributed by atoms with E-state index in [1.807, 2.05) is 7.11 Å². The first-order chi connectivity index (χ1) is 12.6. The third kappa shape index (κ3) is 5.28. The van der Waals surface area contributed by atoms with Crippen LogP contribution in [0.15, 0.2) is 0 Å². The molecule has 2 aliphatic rings. The number of hydrogen-bond acceptors (Lipinski definition) is 3. The molecule has 3 heteroatoms. The van der Waals surface area contributed by atoms with Crippen LogP contribution >= 0.6 is 0 Å². The van der Waals surface area contributed by atoms with E-state index in [0.717, 1.165) is 12.3 Å². The zero-order valence-electron chi connectivity index (χ0n) is 19.1. The van der Waals surface area contributed by atoms with E-state index in [0.29, 0.717) is 41.1 Å². The van der Waals surface area contributed by atoms with Crippen LogP contribution in [0, 0.1) is 40.9 Å². The standard InChI is InChI=1S/C24H44O3/c1-15(2)20-13-18(9-11-22(20)26-8)24(6,7)19-10-12-23(27-17(5)25)21(14-19)16(3)4/h15-16,18-23H,9-14H2,1-8H3. The van der Waals surface area contributed by atoms with Gasteiger partial charge in [-0.2, -0.15) is 0 Å². The molecule has 0 heterocycles. The molecule has 0 aromatic carbocycles. The molecule has 0 bridgehead atoms. The van der Waals surface area contributed by atoms with Crippen LogP contribution in [0.25, 0.3) is 0 Å². The highest BCUT2D eigenvalue weighted by molar-refractivity contribution is 5.66. The molecule has 6 atom stereocenters. The van der Waals surface area contributed by atoms with Crippen molar-refractivity contribution in [2.75, 3.05) is 7.11 Å². The van der Waals surface area contributed by atoms with Crippen molar-refractivity contribution in [2.24, 2.45) is 40.9 Å². The average molecular weight is 381 g/mol. The van der Waals surface area contributed by atoms with Crippen molar-refractivity contribution >= 4 is 5.97 Å². The molecule has 2 aliphatic carbocycles. The predicted molar refractivity (Wildman–Crippen MR) is 111 cm³/mol. The maximum Gasteiger partial charge on any atom is 0.302 e. The molecular weight excluding hydrogens is 336 g/mol. The first-order valence-electron chi connectivity index (χ1n) is 11.3. The van der Waals surface area contributed by atoms with Gasteiger partial charge in [-0.05, 0) is 79.4 Å². The first kappa shape index (κ1) is 22.7. The number of rotatable bonds is 6. The number of carbonyl (C=O) groups is 1. The molecule has 0 amide bonds. The molecule has 0 N–H and O–H groups in total. The summed E-state index contributed by atoms with van der Waals surface area (Å²) in [5, 5.41) is 0. The predicted octanol–water partition coefficient (Wildman–Crippen LogP) is 6.10. The molecule has 2 saturated carbocycles. The summed E-state index contributed by atoms with van der Waals surface area (Å²) >= 11 is 0. The molecule has 0 aliphatic heterocycles. The Bertz CT molecular complexity index is 482. The minimum absolute atomic E-state index is 0.113. The number of methoxy groups -OCH3 is 1. The molecule has 2 rings (SSSR count). The Morgan fingerprint density at radius 3 is 1.70 bits per heavy atom. The van der Waals surface area contributed by atoms with Gasteiger partial charge in [0.2, 0.25) is 0 Å². The van der Waals surface area contributed by atoms with Gasteiger partial charge in [-0.3, -0.25) is 4.79 Å². The third-order valence-corrected chi connectivity index (χ3v) is 8.10. The van der Waals surface area contributed by atoms with E-state index in [9.17, 15) is 4.79 Å². The highest BCUT2D eigenvalue weighted by atomic mass is 16.5. The monoisotopic (exact) mass is 380 g/mol. The summed E-state index contributed by atoms with van der Waals surface area (Å²) in [6, 6.07) is 0. The Hall–Kier alpha value is -0.570. The lowest BCUT2D eigenvalue weighted by molar-refractivity contribution is -0.154. The fourth-order valence-corrected chi connectivity index (χ4v) is 6.10. The molecule has 2 fully saturated rings. The van der Waals surface area contributed by atoms with Gasteiger partial charge in [-0.1, -0.05) is 41.5 Å². The van der Waals surface area contributed by atoms with E-state index in [1.54, 1.807) is 6.92 Å². The van der Waals surface area contributed by atoms with E-state index < -0.39 is 0 Å². The van der Waals surface area contributed by atoms with Gasteiger partial charge in [0.1, 0.15) is 6.10 Å². The summed E-state index contributed by atoms with van der Waals surface area (Å²) in [6.07, 6.45) is 7.72. The van der Waals surface area contributed by atoms with Crippen LogP contribution in [0.4, 0.5) is 0 Å². The number of ether oxygens (including phenoxy) is 2. The highest BCUT2D eigenvalue weighted by Gasteiger charge is 2.46. The smallest absolute Gasteiger partial charge is 0.302 e. The number of esters is 1. The Labute approximate surface area is 168 Å². The maximum atomic E-state index is 11.5. The van der Waals surface area contributed by atoms with Gasteiger partial charge in [0.25, 0.3) is 0 Å². The number of carbonyl (C=O) groups excluding carboxylic acids is 1. The van der Waals surface area contributed by atoms with Crippen molar-refractivity contribution in [2.45, 2.75) is 99.2 Å². The van der Waals surface area contributed by atoms with Gasteiger partial charge in [0.15, 0.2) is 0 Å². The minimum Gasteiger partial charge on any atom is -0.462 e. The average Bonchev–Trinajstić information content (AvgIpc) is 2.60. The SMILES string of the molecule is COC1CCC(C(C)(C)C2CCC(OC(C)=O)C(C(C)C)C2)CC1C(C)C.